The third-order valence-corrected chi connectivity index (χ3v) is 3.75. The van der Waals surface area contributed by atoms with Crippen molar-refractivity contribution in [2.24, 2.45) is 0 Å². The van der Waals surface area contributed by atoms with Crippen molar-refractivity contribution in [2.45, 2.75) is 13.8 Å². The van der Waals surface area contributed by atoms with E-state index >= 15 is 0 Å². The fraction of sp³-hybridized carbons (Fsp3) is 0.222. The molecule has 2 aromatic carbocycles. The molecule has 24 heavy (non-hydrogen) atoms. The Morgan fingerprint density at radius 2 is 1.79 bits per heavy atom. The predicted octanol–water partition coefficient (Wildman–Crippen LogP) is 3.52. The summed E-state index contributed by atoms with van der Waals surface area (Å²) in [6.07, 6.45) is 0. The average Bonchev–Trinajstić information content (AvgIpc) is 2.56. The number of carbonyl (C=O) groups is 2. The molecule has 0 saturated heterocycles. The van der Waals surface area contributed by atoms with E-state index in [1.807, 2.05) is 25.1 Å². The molecule has 2 aromatic rings. The normalized spacial score (nSPS) is 10.1. The van der Waals surface area contributed by atoms with Gasteiger partial charge in [-0.25, -0.2) is 4.79 Å². The van der Waals surface area contributed by atoms with Gasteiger partial charge in [-0.1, -0.05) is 35.9 Å². The minimum atomic E-state index is -0.615. The fourth-order valence-corrected chi connectivity index (χ4v) is 2.15. The molecule has 0 aliphatic carbocycles. The largest absolute Gasteiger partial charge is 0.482 e. The summed E-state index contributed by atoms with van der Waals surface area (Å²) >= 11 is 5.98. The van der Waals surface area contributed by atoms with Crippen LogP contribution >= 0.6 is 11.6 Å². The number of esters is 1. The molecular formula is C18H18ClNO4. The molecule has 0 aromatic heterocycles. The topological polar surface area (TPSA) is 64.6 Å². The fourth-order valence-electron chi connectivity index (χ4n) is 1.97. The Labute approximate surface area is 145 Å². The zero-order valence-corrected chi connectivity index (χ0v) is 14.2. The van der Waals surface area contributed by atoms with Crippen molar-refractivity contribution in [2.75, 3.05) is 18.5 Å². The Hall–Kier alpha value is -2.53. The lowest BCUT2D eigenvalue weighted by atomic mass is 10.2. The summed E-state index contributed by atoms with van der Waals surface area (Å²) in [7, 11) is 0. The zero-order chi connectivity index (χ0) is 17.5. The summed E-state index contributed by atoms with van der Waals surface area (Å²) in [4.78, 5) is 23.5. The van der Waals surface area contributed by atoms with Crippen molar-refractivity contribution in [3.8, 4) is 5.75 Å². The Balaban J connectivity index is 1.78. The Morgan fingerprint density at radius 3 is 2.54 bits per heavy atom. The number of hydrogen-bond donors (Lipinski definition) is 1. The van der Waals surface area contributed by atoms with Crippen LogP contribution in [0.3, 0.4) is 0 Å². The van der Waals surface area contributed by atoms with Crippen LogP contribution in [-0.4, -0.2) is 25.1 Å². The van der Waals surface area contributed by atoms with Crippen LogP contribution in [-0.2, 0) is 14.3 Å². The summed E-state index contributed by atoms with van der Waals surface area (Å²) in [5.41, 5.74) is 2.25. The molecule has 1 amide bonds. The van der Waals surface area contributed by atoms with E-state index in [1.54, 1.807) is 31.2 Å². The number of amides is 1. The molecule has 0 radical (unpaired) electrons. The van der Waals surface area contributed by atoms with Gasteiger partial charge in [-0.15, -0.1) is 0 Å². The van der Waals surface area contributed by atoms with Crippen molar-refractivity contribution in [3.63, 3.8) is 0 Å². The van der Waals surface area contributed by atoms with Crippen LogP contribution in [0.1, 0.15) is 11.1 Å². The van der Waals surface area contributed by atoms with E-state index in [0.29, 0.717) is 16.5 Å². The van der Waals surface area contributed by atoms with Gasteiger partial charge in [0.05, 0.1) is 0 Å². The number of aryl methyl sites for hydroxylation is 1. The summed E-state index contributed by atoms with van der Waals surface area (Å²) in [6, 6.07) is 12.5. The van der Waals surface area contributed by atoms with Gasteiger partial charge in [-0.05, 0) is 43.2 Å². The minimum Gasteiger partial charge on any atom is -0.482 e. The second kappa shape index (κ2) is 8.36. The number of benzene rings is 2. The van der Waals surface area contributed by atoms with Crippen molar-refractivity contribution >= 4 is 29.2 Å². The molecule has 0 saturated carbocycles. The smallest absolute Gasteiger partial charge is 0.344 e. The Bertz CT molecular complexity index is 746. The van der Waals surface area contributed by atoms with Gasteiger partial charge in [-0.3, -0.25) is 4.79 Å². The summed E-state index contributed by atoms with van der Waals surface area (Å²) in [6.45, 7) is 3.03. The lowest BCUT2D eigenvalue weighted by Crippen LogP contribution is -2.24. The second-order valence-corrected chi connectivity index (χ2v) is 5.58. The monoisotopic (exact) mass is 347 g/mol. The van der Waals surface area contributed by atoms with Crippen LogP contribution in [0.5, 0.6) is 5.75 Å². The van der Waals surface area contributed by atoms with Crippen LogP contribution in [0, 0.1) is 13.8 Å². The van der Waals surface area contributed by atoms with E-state index in [-0.39, 0.29) is 13.2 Å². The third kappa shape index (κ3) is 4.99. The Kier molecular flexibility index (Phi) is 6.21. The number of rotatable bonds is 6. The number of para-hydroxylation sites is 1. The highest BCUT2D eigenvalue weighted by atomic mass is 35.5. The molecule has 5 nitrogen and oxygen atoms in total. The molecule has 0 spiro atoms. The van der Waals surface area contributed by atoms with Crippen molar-refractivity contribution in [3.05, 3.63) is 58.6 Å². The van der Waals surface area contributed by atoms with E-state index in [2.05, 4.69) is 5.32 Å². The van der Waals surface area contributed by atoms with Crippen LogP contribution in [0.2, 0.25) is 5.02 Å². The first-order valence-corrected chi connectivity index (χ1v) is 7.74. The van der Waals surface area contributed by atoms with Gasteiger partial charge >= 0.3 is 5.97 Å². The van der Waals surface area contributed by atoms with Crippen molar-refractivity contribution < 1.29 is 19.1 Å². The van der Waals surface area contributed by atoms with Crippen LogP contribution in [0.4, 0.5) is 5.69 Å². The predicted molar refractivity (Wildman–Crippen MR) is 92.5 cm³/mol. The summed E-state index contributed by atoms with van der Waals surface area (Å²) in [5, 5.41) is 3.20. The van der Waals surface area contributed by atoms with Gasteiger partial charge in [0.1, 0.15) is 5.75 Å². The van der Waals surface area contributed by atoms with Crippen molar-refractivity contribution in [1.29, 1.82) is 0 Å². The number of carbonyl (C=O) groups excluding carboxylic acids is 2. The Morgan fingerprint density at radius 1 is 1.04 bits per heavy atom. The maximum Gasteiger partial charge on any atom is 0.344 e. The SMILES string of the molecule is Cc1ccccc1OCC(=O)OCC(=O)Nc1cccc(Cl)c1C. The van der Waals surface area contributed by atoms with Crippen LogP contribution < -0.4 is 10.1 Å². The average molecular weight is 348 g/mol. The number of halogens is 1. The quantitative estimate of drug-likeness (QED) is 0.812. The zero-order valence-electron chi connectivity index (χ0n) is 13.5. The number of nitrogens with one attached hydrogen (secondary N) is 1. The van der Waals surface area contributed by atoms with Gasteiger partial charge in [0, 0.05) is 10.7 Å². The minimum absolute atomic E-state index is 0.256. The van der Waals surface area contributed by atoms with E-state index in [4.69, 9.17) is 21.1 Å². The molecule has 0 unspecified atom stereocenters. The first-order chi connectivity index (χ1) is 11.5. The molecule has 0 atom stereocenters. The molecule has 0 aliphatic rings. The molecule has 2 rings (SSSR count). The molecule has 126 valence electrons. The number of hydrogen-bond acceptors (Lipinski definition) is 4. The first kappa shape index (κ1) is 17.8. The number of ether oxygens (including phenoxy) is 2. The van der Waals surface area contributed by atoms with E-state index in [0.717, 1.165) is 11.1 Å². The lowest BCUT2D eigenvalue weighted by Gasteiger charge is -2.11. The van der Waals surface area contributed by atoms with Crippen LogP contribution in [0.25, 0.3) is 0 Å². The lowest BCUT2D eigenvalue weighted by molar-refractivity contribution is -0.149. The summed E-state index contributed by atoms with van der Waals surface area (Å²) in [5.74, 6) is -0.450. The van der Waals surface area contributed by atoms with Gasteiger partial charge < -0.3 is 14.8 Å². The maximum absolute atomic E-state index is 11.8. The van der Waals surface area contributed by atoms with E-state index < -0.39 is 11.9 Å². The molecule has 0 aliphatic heterocycles. The molecule has 0 bridgehead atoms. The van der Waals surface area contributed by atoms with E-state index in [9.17, 15) is 9.59 Å². The van der Waals surface area contributed by atoms with E-state index in [1.165, 1.54) is 0 Å². The highest BCUT2D eigenvalue weighted by molar-refractivity contribution is 6.31. The first-order valence-electron chi connectivity index (χ1n) is 7.36. The van der Waals surface area contributed by atoms with Gasteiger partial charge in [-0.2, -0.15) is 0 Å². The standard InChI is InChI=1S/C18H18ClNO4/c1-12-6-3-4-9-16(12)23-11-18(22)24-10-17(21)20-15-8-5-7-14(19)13(15)2/h3-9H,10-11H2,1-2H3,(H,20,21). The molecule has 0 heterocycles. The molecule has 0 fully saturated rings. The highest BCUT2D eigenvalue weighted by Gasteiger charge is 2.11. The third-order valence-electron chi connectivity index (χ3n) is 3.35. The highest BCUT2D eigenvalue weighted by Crippen LogP contribution is 2.22. The van der Waals surface area contributed by atoms with Gasteiger partial charge in [0.2, 0.25) is 0 Å². The number of anilines is 1. The molecule has 1 N–H and O–H groups in total. The maximum atomic E-state index is 11.8. The molecular weight excluding hydrogens is 330 g/mol. The molecule has 6 heteroatoms. The second-order valence-electron chi connectivity index (χ2n) is 5.18. The van der Waals surface area contributed by atoms with Gasteiger partial charge in [0.25, 0.3) is 5.91 Å². The summed E-state index contributed by atoms with van der Waals surface area (Å²) < 4.78 is 10.3. The van der Waals surface area contributed by atoms with Crippen LogP contribution in [0.15, 0.2) is 42.5 Å². The van der Waals surface area contributed by atoms with Gasteiger partial charge in [0.15, 0.2) is 13.2 Å². The van der Waals surface area contributed by atoms with Crippen molar-refractivity contribution in [1.82, 2.24) is 0 Å².